The Balaban J connectivity index is 2.05. The van der Waals surface area contributed by atoms with Gasteiger partial charge in [-0.2, -0.15) is 0 Å². The maximum Gasteiger partial charge on any atom is 0.0701 e. The molecule has 0 fully saturated rings. The van der Waals surface area contributed by atoms with Crippen molar-refractivity contribution in [2.75, 3.05) is 5.32 Å². The highest BCUT2D eigenvalue weighted by atomic mass is 16.3. The molecule has 0 unspecified atom stereocenters. The third kappa shape index (κ3) is 2.58. The Bertz CT molecular complexity index is 443. The lowest BCUT2D eigenvalue weighted by atomic mass is 10.2. The number of aliphatic hydroxyl groups is 1. The van der Waals surface area contributed by atoms with Crippen molar-refractivity contribution >= 4 is 5.69 Å². The molecule has 0 aliphatic heterocycles. The van der Waals surface area contributed by atoms with E-state index in [0.717, 1.165) is 17.8 Å². The number of nitrogens with one attached hydrogen (secondary N) is 1. The number of para-hydroxylation sites is 1. The Hall–Kier alpha value is -1.87. The molecule has 16 heavy (non-hydrogen) atoms. The van der Waals surface area contributed by atoms with Gasteiger partial charge in [-0.15, -0.1) is 0 Å². The van der Waals surface area contributed by atoms with Crippen LogP contribution < -0.4 is 5.32 Å². The predicted octanol–water partition coefficient (Wildman–Crippen LogP) is 2.19. The second-order valence-electron chi connectivity index (χ2n) is 3.52. The number of rotatable bonds is 4. The van der Waals surface area contributed by atoms with Gasteiger partial charge in [-0.25, -0.2) is 0 Å². The van der Waals surface area contributed by atoms with E-state index in [9.17, 15) is 0 Å². The zero-order valence-electron chi connectivity index (χ0n) is 8.93. The first kappa shape index (κ1) is 10.6. The summed E-state index contributed by atoms with van der Waals surface area (Å²) in [7, 11) is 0. The summed E-state index contributed by atoms with van der Waals surface area (Å²) >= 11 is 0. The van der Waals surface area contributed by atoms with Crippen molar-refractivity contribution in [3.63, 3.8) is 0 Å². The van der Waals surface area contributed by atoms with Crippen LogP contribution in [0, 0.1) is 0 Å². The standard InChI is InChI=1S/C13H14N2O/c16-10-12-3-1-2-4-13(12)15-9-11-5-7-14-8-6-11/h1-8,15-16H,9-10H2. The van der Waals surface area contributed by atoms with Crippen LogP contribution >= 0.6 is 0 Å². The minimum atomic E-state index is 0.0551. The number of hydrogen-bond donors (Lipinski definition) is 2. The zero-order chi connectivity index (χ0) is 11.2. The molecule has 2 N–H and O–H groups in total. The van der Waals surface area contributed by atoms with Gasteiger partial charge >= 0.3 is 0 Å². The van der Waals surface area contributed by atoms with Gasteiger partial charge in [-0.1, -0.05) is 18.2 Å². The molecule has 1 aromatic carbocycles. The lowest BCUT2D eigenvalue weighted by Gasteiger charge is -2.10. The van der Waals surface area contributed by atoms with Gasteiger partial charge in [0.1, 0.15) is 0 Å². The summed E-state index contributed by atoms with van der Waals surface area (Å²) in [4.78, 5) is 3.97. The molecule has 82 valence electrons. The van der Waals surface area contributed by atoms with Crippen LogP contribution in [-0.4, -0.2) is 10.1 Å². The third-order valence-corrected chi connectivity index (χ3v) is 2.42. The number of pyridine rings is 1. The Labute approximate surface area is 94.8 Å². The van der Waals surface area contributed by atoms with Crippen molar-refractivity contribution in [2.24, 2.45) is 0 Å². The van der Waals surface area contributed by atoms with Crippen molar-refractivity contribution in [1.29, 1.82) is 0 Å². The van der Waals surface area contributed by atoms with Crippen LogP contribution in [-0.2, 0) is 13.2 Å². The van der Waals surface area contributed by atoms with Crippen LogP contribution in [0.3, 0.4) is 0 Å². The van der Waals surface area contributed by atoms with Gasteiger partial charge < -0.3 is 10.4 Å². The van der Waals surface area contributed by atoms with Gasteiger partial charge in [0.15, 0.2) is 0 Å². The monoisotopic (exact) mass is 214 g/mol. The van der Waals surface area contributed by atoms with E-state index in [0.29, 0.717) is 0 Å². The Morgan fingerprint density at radius 3 is 2.56 bits per heavy atom. The van der Waals surface area contributed by atoms with E-state index < -0.39 is 0 Å². The van der Waals surface area contributed by atoms with Crippen LogP contribution in [0.25, 0.3) is 0 Å². The van der Waals surface area contributed by atoms with Crippen molar-refractivity contribution < 1.29 is 5.11 Å². The van der Waals surface area contributed by atoms with E-state index in [1.807, 2.05) is 36.4 Å². The smallest absolute Gasteiger partial charge is 0.0701 e. The molecule has 0 spiro atoms. The van der Waals surface area contributed by atoms with Crippen LogP contribution in [0.5, 0.6) is 0 Å². The van der Waals surface area contributed by atoms with Gasteiger partial charge in [0.05, 0.1) is 6.61 Å². The molecule has 0 aliphatic carbocycles. The van der Waals surface area contributed by atoms with Crippen molar-refractivity contribution in [1.82, 2.24) is 4.98 Å². The molecule has 0 aliphatic rings. The molecule has 0 saturated carbocycles. The summed E-state index contributed by atoms with van der Waals surface area (Å²) in [6.45, 7) is 0.791. The molecule has 1 heterocycles. The molecule has 0 atom stereocenters. The van der Waals surface area contributed by atoms with Gasteiger partial charge in [0, 0.05) is 30.2 Å². The minimum Gasteiger partial charge on any atom is -0.392 e. The number of aromatic nitrogens is 1. The normalized spacial score (nSPS) is 10.1. The van der Waals surface area contributed by atoms with E-state index in [2.05, 4.69) is 10.3 Å². The zero-order valence-corrected chi connectivity index (χ0v) is 8.93. The third-order valence-electron chi connectivity index (χ3n) is 2.42. The van der Waals surface area contributed by atoms with Crippen LogP contribution in [0.1, 0.15) is 11.1 Å². The first-order valence-electron chi connectivity index (χ1n) is 5.21. The van der Waals surface area contributed by atoms with E-state index in [1.165, 1.54) is 5.56 Å². The van der Waals surface area contributed by atoms with Crippen molar-refractivity contribution in [3.05, 3.63) is 59.9 Å². The molecule has 3 nitrogen and oxygen atoms in total. The molecule has 3 heteroatoms. The van der Waals surface area contributed by atoms with Crippen LogP contribution in [0.15, 0.2) is 48.8 Å². The molecule has 2 rings (SSSR count). The number of aliphatic hydroxyl groups excluding tert-OH is 1. The lowest BCUT2D eigenvalue weighted by molar-refractivity contribution is 0.282. The van der Waals surface area contributed by atoms with Crippen LogP contribution in [0.2, 0.25) is 0 Å². The highest BCUT2D eigenvalue weighted by molar-refractivity contribution is 5.50. The fraction of sp³-hybridized carbons (Fsp3) is 0.154. The summed E-state index contributed by atoms with van der Waals surface area (Å²) in [5.74, 6) is 0. The van der Waals surface area contributed by atoms with E-state index in [1.54, 1.807) is 12.4 Å². The van der Waals surface area contributed by atoms with Gasteiger partial charge in [-0.3, -0.25) is 4.98 Å². The maximum absolute atomic E-state index is 9.17. The van der Waals surface area contributed by atoms with Gasteiger partial charge in [0.2, 0.25) is 0 Å². The first-order chi connectivity index (χ1) is 7.90. The molecule has 0 saturated heterocycles. The SMILES string of the molecule is OCc1ccccc1NCc1ccncc1. The summed E-state index contributed by atoms with van der Waals surface area (Å²) in [6.07, 6.45) is 3.55. The molecule has 0 bridgehead atoms. The molecule has 2 aromatic rings. The van der Waals surface area contributed by atoms with E-state index >= 15 is 0 Å². The maximum atomic E-state index is 9.17. The lowest BCUT2D eigenvalue weighted by Crippen LogP contribution is -2.02. The fourth-order valence-electron chi connectivity index (χ4n) is 1.53. The van der Waals surface area contributed by atoms with E-state index in [4.69, 9.17) is 5.11 Å². The molecule has 0 radical (unpaired) electrons. The Morgan fingerprint density at radius 2 is 1.81 bits per heavy atom. The van der Waals surface area contributed by atoms with Crippen LogP contribution in [0.4, 0.5) is 5.69 Å². The molecule has 1 aromatic heterocycles. The number of hydrogen-bond acceptors (Lipinski definition) is 3. The fourth-order valence-corrected chi connectivity index (χ4v) is 1.53. The highest BCUT2D eigenvalue weighted by Gasteiger charge is 1.99. The van der Waals surface area contributed by atoms with Crippen molar-refractivity contribution in [3.8, 4) is 0 Å². The number of benzene rings is 1. The molecular formula is C13H14N2O. The first-order valence-corrected chi connectivity index (χ1v) is 5.21. The summed E-state index contributed by atoms with van der Waals surface area (Å²) < 4.78 is 0. The minimum absolute atomic E-state index is 0.0551. The Morgan fingerprint density at radius 1 is 1.06 bits per heavy atom. The summed E-state index contributed by atoms with van der Waals surface area (Å²) in [6, 6.07) is 11.7. The summed E-state index contributed by atoms with van der Waals surface area (Å²) in [5, 5.41) is 12.5. The second kappa shape index (κ2) is 5.28. The number of nitrogens with zero attached hydrogens (tertiary/aromatic N) is 1. The average Bonchev–Trinajstić information content (AvgIpc) is 2.38. The van der Waals surface area contributed by atoms with Crippen molar-refractivity contribution in [2.45, 2.75) is 13.2 Å². The summed E-state index contributed by atoms with van der Waals surface area (Å²) in [5.41, 5.74) is 3.06. The Kier molecular flexibility index (Phi) is 3.51. The highest BCUT2D eigenvalue weighted by Crippen LogP contribution is 2.15. The predicted molar refractivity (Wildman–Crippen MR) is 63.9 cm³/mol. The largest absolute Gasteiger partial charge is 0.392 e. The second-order valence-corrected chi connectivity index (χ2v) is 3.52. The number of anilines is 1. The quantitative estimate of drug-likeness (QED) is 0.820. The topological polar surface area (TPSA) is 45.1 Å². The van der Waals surface area contributed by atoms with Gasteiger partial charge in [-0.05, 0) is 23.8 Å². The molecule has 0 amide bonds. The average molecular weight is 214 g/mol. The molecular weight excluding hydrogens is 200 g/mol. The van der Waals surface area contributed by atoms with Gasteiger partial charge in [0.25, 0.3) is 0 Å². The van der Waals surface area contributed by atoms with E-state index in [-0.39, 0.29) is 6.61 Å².